The molecule has 2 rings (SSSR count). The van der Waals surface area contributed by atoms with Crippen LogP contribution in [-0.2, 0) is 13.0 Å². The fraction of sp³-hybridized carbons (Fsp3) is 0.364. The first-order chi connectivity index (χ1) is 13.6. The van der Waals surface area contributed by atoms with Crippen LogP contribution in [0.25, 0.3) is 0 Å². The smallest absolute Gasteiger partial charge is 0.251 e. The minimum Gasteiger partial charge on any atom is -0.357 e. The molecule has 0 aliphatic carbocycles. The number of hydrogen-bond donors (Lipinski definition) is 3. The van der Waals surface area contributed by atoms with Gasteiger partial charge in [-0.15, -0.1) is 24.0 Å². The van der Waals surface area contributed by atoms with E-state index < -0.39 is 0 Å². The van der Waals surface area contributed by atoms with Crippen LogP contribution in [0.15, 0.2) is 53.5 Å². The molecule has 0 saturated heterocycles. The zero-order valence-electron chi connectivity index (χ0n) is 17.0. The highest BCUT2D eigenvalue weighted by Crippen LogP contribution is 2.08. The molecule has 7 heteroatoms. The second kappa shape index (κ2) is 13.9. The van der Waals surface area contributed by atoms with Crippen molar-refractivity contribution in [3.8, 4) is 0 Å². The minimum atomic E-state index is -0.190. The van der Waals surface area contributed by atoms with Gasteiger partial charge in [-0.25, -0.2) is 9.38 Å². The van der Waals surface area contributed by atoms with Crippen molar-refractivity contribution in [1.82, 2.24) is 16.0 Å². The predicted octanol–water partition coefficient (Wildman–Crippen LogP) is 3.88. The summed E-state index contributed by atoms with van der Waals surface area (Å²) >= 11 is 0. The number of amides is 1. The number of carbonyl (C=O) groups is 1. The standard InChI is InChI=1S/C22H29FN4O.HI/c1-3-13-25-21(28)19-10-7-8-17(15-19)16-27-22(24-4-2)26-14-12-18-9-5-6-11-20(18)23;/h5-11,15H,3-4,12-14,16H2,1-2H3,(H,25,28)(H2,24,26,27);1H. The van der Waals surface area contributed by atoms with E-state index in [4.69, 9.17) is 0 Å². The fourth-order valence-corrected chi connectivity index (χ4v) is 2.68. The van der Waals surface area contributed by atoms with Crippen molar-refractivity contribution in [3.05, 3.63) is 71.0 Å². The van der Waals surface area contributed by atoms with Crippen LogP contribution in [0.1, 0.15) is 41.8 Å². The number of nitrogens with zero attached hydrogens (tertiary/aromatic N) is 1. The fourth-order valence-electron chi connectivity index (χ4n) is 2.68. The Morgan fingerprint density at radius 1 is 1.00 bits per heavy atom. The first-order valence-corrected chi connectivity index (χ1v) is 9.76. The van der Waals surface area contributed by atoms with Crippen LogP contribution < -0.4 is 16.0 Å². The average molecular weight is 512 g/mol. The highest BCUT2D eigenvalue weighted by atomic mass is 127. The SMILES string of the molecule is CCCNC(=O)c1cccc(CN=C(NCC)NCCc2ccccc2F)c1.I. The summed E-state index contributed by atoms with van der Waals surface area (Å²) in [6.45, 7) is 6.43. The number of benzene rings is 2. The molecule has 0 aliphatic heterocycles. The maximum absolute atomic E-state index is 13.7. The summed E-state index contributed by atoms with van der Waals surface area (Å²) in [4.78, 5) is 16.7. The lowest BCUT2D eigenvalue weighted by atomic mass is 10.1. The summed E-state index contributed by atoms with van der Waals surface area (Å²) < 4.78 is 13.7. The molecule has 0 spiro atoms. The lowest BCUT2D eigenvalue weighted by Gasteiger charge is -2.12. The number of carbonyl (C=O) groups excluding carboxylic acids is 1. The number of rotatable bonds is 9. The number of guanidine groups is 1. The van der Waals surface area contributed by atoms with Crippen LogP contribution in [-0.4, -0.2) is 31.5 Å². The number of hydrogen-bond acceptors (Lipinski definition) is 2. The van der Waals surface area contributed by atoms with Gasteiger partial charge < -0.3 is 16.0 Å². The summed E-state index contributed by atoms with van der Waals surface area (Å²) in [5.74, 6) is 0.409. The van der Waals surface area contributed by atoms with Crippen molar-refractivity contribution in [2.75, 3.05) is 19.6 Å². The Morgan fingerprint density at radius 2 is 1.79 bits per heavy atom. The van der Waals surface area contributed by atoms with Crippen molar-refractivity contribution >= 4 is 35.8 Å². The first kappa shape index (κ1) is 24.9. The highest BCUT2D eigenvalue weighted by Gasteiger charge is 2.06. The van der Waals surface area contributed by atoms with Crippen molar-refractivity contribution in [3.63, 3.8) is 0 Å². The third-order valence-corrected chi connectivity index (χ3v) is 4.13. The average Bonchev–Trinajstić information content (AvgIpc) is 2.71. The van der Waals surface area contributed by atoms with E-state index in [0.717, 1.165) is 18.5 Å². The maximum Gasteiger partial charge on any atom is 0.251 e. The monoisotopic (exact) mass is 512 g/mol. The van der Waals surface area contributed by atoms with E-state index in [1.807, 2.05) is 38.1 Å². The Hall–Kier alpha value is -2.16. The molecule has 0 aliphatic rings. The van der Waals surface area contributed by atoms with Crippen LogP contribution in [0, 0.1) is 5.82 Å². The molecule has 3 N–H and O–H groups in total. The zero-order chi connectivity index (χ0) is 20.2. The second-order valence-electron chi connectivity index (χ2n) is 6.42. The summed E-state index contributed by atoms with van der Waals surface area (Å²) in [5, 5.41) is 9.29. The van der Waals surface area contributed by atoms with Gasteiger partial charge in [0.1, 0.15) is 5.82 Å². The molecule has 0 bridgehead atoms. The van der Waals surface area contributed by atoms with E-state index in [-0.39, 0.29) is 35.7 Å². The summed E-state index contributed by atoms with van der Waals surface area (Å²) in [6.07, 6.45) is 1.48. The Bertz CT molecular complexity index is 798. The molecular formula is C22H30FIN4O. The third-order valence-electron chi connectivity index (χ3n) is 4.13. The van der Waals surface area contributed by atoms with Gasteiger partial charge in [0.15, 0.2) is 5.96 Å². The van der Waals surface area contributed by atoms with Crippen LogP contribution in [0.2, 0.25) is 0 Å². The van der Waals surface area contributed by atoms with Crippen LogP contribution >= 0.6 is 24.0 Å². The largest absolute Gasteiger partial charge is 0.357 e. The van der Waals surface area contributed by atoms with Crippen LogP contribution in [0.4, 0.5) is 4.39 Å². The Morgan fingerprint density at radius 3 is 2.52 bits per heavy atom. The molecule has 0 radical (unpaired) electrons. The van der Waals surface area contributed by atoms with Crippen molar-refractivity contribution in [2.24, 2.45) is 4.99 Å². The van der Waals surface area contributed by atoms with Gasteiger partial charge in [-0.05, 0) is 49.1 Å². The Kier molecular flexibility index (Phi) is 11.9. The zero-order valence-corrected chi connectivity index (χ0v) is 19.3. The molecule has 1 amide bonds. The normalized spacial score (nSPS) is 10.8. The van der Waals surface area contributed by atoms with Gasteiger partial charge >= 0.3 is 0 Å². The predicted molar refractivity (Wildman–Crippen MR) is 127 cm³/mol. The van der Waals surface area contributed by atoms with E-state index in [1.54, 1.807) is 18.2 Å². The molecule has 0 fully saturated rings. The molecule has 0 heterocycles. The van der Waals surface area contributed by atoms with E-state index in [1.165, 1.54) is 6.07 Å². The number of nitrogens with one attached hydrogen (secondary N) is 3. The van der Waals surface area contributed by atoms with Gasteiger partial charge in [0.05, 0.1) is 6.54 Å². The van der Waals surface area contributed by atoms with Gasteiger partial charge in [-0.1, -0.05) is 37.3 Å². The molecule has 2 aromatic rings. The quantitative estimate of drug-likeness (QED) is 0.272. The third kappa shape index (κ3) is 8.81. The van der Waals surface area contributed by atoms with Crippen LogP contribution in [0.5, 0.6) is 0 Å². The van der Waals surface area contributed by atoms with Gasteiger partial charge in [-0.2, -0.15) is 0 Å². The van der Waals surface area contributed by atoms with E-state index in [9.17, 15) is 9.18 Å². The van der Waals surface area contributed by atoms with Crippen molar-refractivity contribution in [2.45, 2.75) is 33.2 Å². The van der Waals surface area contributed by atoms with Gasteiger partial charge in [0.2, 0.25) is 0 Å². The second-order valence-corrected chi connectivity index (χ2v) is 6.42. The summed E-state index contributed by atoms with van der Waals surface area (Å²) in [7, 11) is 0. The van der Waals surface area contributed by atoms with E-state index >= 15 is 0 Å². The minimum absolute atomic E-state index is 0. The van der Waals surface area contributed by atoms with Gasteiger partial charge in [0, 0.05) is 25.2 Å². The number of aliphatic imine (C=N–C) groups is 1. The molecular weight excluding hydrogens is 482 g/mol. The lowest BCUT2D eigenvalue weighted by Crippen LogP contribution is -2.38. The maximum atomic E-state index is 13.7. The van der Waals surface area contributed by atoms with E-state index in [0.29, 0.717) is 43.1 Å². The van der Waals surface area contributed by atoms with Gasteiger partial charge in [-0.3, -0.25) is 4.79 Å². The first-order valence-electron chi connectivity index (χ1n) is 9.76. The molecule has 0 saturated carbocycles. The molecule has 2 aromatic carbocycles. The molecule has 5 nitrogen and oxygen atoms in total. The molecule has 29 heavy (non-hydrogen) atoms. The van der Waals surface area contributed by atoms with Crippen molar-refractivity contribution in [1.29, 1.82) is 0 Å². The van der Waals surface area contributed by atoms with Gasteiger partial charge in [0.25, 0.3) is 5.91 Å². The topological polar surface area (TPSA) is 65.5 Å². The molecule has 0 atom stereocenters. The Balaban J connectivity index is 0.00000420. The summed E-state index contributed by atoms with van der Waals surface area (Å²) in [6, 6.07) is 14.3. The molecule has 158 valence electrons. The Labute approximate surface area is 189 Å². The van der Waals surface area contributed by atoms with E-state index in [2.05, 4.69) is 20.9 Å². The van der Waals surface area contributed by atoms with Crippen molar-refractivity contribution < 1.29 is 9.18 Å². The summed E-state index contributed by atoms with van der Waals surface area (Å²) in [5.41, 5.74) is 2.27. The van der Waals surface area contributed by atoms with Crippen LogP contribution in [0.3, 0.4) is 0 Å². The molecule has 0 unspecified atom stereocenters. The molecule has 0 aromatic heterocycles. The number of halogens is 2. The highest BCUT2D eigenvalue weighted by molar-refractivity contribution is 14.0. The lowest BCUT2D eigenvalue weighted by molar-refractivity contribution is 0.0953.